The van der Waals surface area contributed by atoms with Crippen LogP contribution in [0, 0.1) is 0 Å². The number of hydrogen-bond donors (Lipinski definition) is 1. The predicted molar refractivity (Wildman–Crippen MR) is 73.6 cm³/mol. The molecule has 0 amide bonds. The summed E-state index contributed by atoms with van der Waals surface area (Å²) in [7, 11) is 0. The quantitative estimate of drug-likeness (QED) is 0.528. The number of oxime groups is 1. The Labute approximate surface area is 121 Å². The lowest BCUT2D eigenvalue weighted by atomic mass is 9.79. The number of esters is 1. The van der Waals surface area contributed by atoms with Crippen molar-refractivity contribution in [1.82, 2.24) is 0 Å². The van der Waals surface area contributed by atoms with Crippen molar-refractivity contribution in [1.29, 1.82) is 0 Å². The summed E-state index contributed by atoms with van der Waals surface area (Å²) in [6.07, 6.45) is -0.0688. The molecule has 0 aliphatic heterocycles. The first-order valence-corrected chi connectivity index (χ1v) is 6.54. The van der Waals surface area contributed by atoms with Crippen molar-refractivity contribution in [2.24, 2.45) is 5.16 Å². The molecule has 1 aliphatic carbocycles. The largest absolute Gasteiger partial charge is 0.466 e. The number of ether oxygens (including phenoxy) is 1. The van der Waals surface area contributed by atoms with Crippen LogP contribution in [0.25, 0.3) is 0 Å². The van der Waals surface area contributed by atoms with E-state index in [9.17, 15) is 9.59 Å². The average molecular weight is 296 g/mol. The van der Waals surface area contributed by atoms with Crippen LogP contribution in [0.15, 0.2) is 23.4 Å². The lowest BCUT2D eigenvalue weighted by Gasteiger charge is -2.23. The van der Waals surface area contributed by atoms with Crippen molar-refractivity contribution >= 4 is 29.1 Å². The average Bonchev–Trinajstić information content (AvgIpc) is 2.57. The fraction of sp³-hybridized carbons (Fsp3) is 0.357. The number of halogens is 1. The Hall–Kier alpha value is -1.88. The highest BCUT2D eigenvalue weighted by Crippen LogP contribution is 2.40. The van der Waals surface area contributed by atoms with E-state index in [0.717, 1.165) is 0 Å². The standard InChI is InChI=1S/C14H14ClNO4/c1-3-20-11(17)7-14(2)10-5-4-8(15)6-9(10)12(18)13(14)16-19/h4-6,19H,3,7H2,1-2H3. The molecule has 0 saturated heterocycles. The summed E-state index contributed by atoms with van der Waals surface area (Å²) in [6, 6.07) is 4.82. The Balaban J connectivity index is 2.52. The van der Waals surface area contributed by atoms with Crippen molar-refractivity contribution in [2.45, 2.75) is 25.7 Å². The number of ketones is 1. The van der Waals surface area contributed by atoms with Gasteiger partial charge in [-0.3, -0.25) is 9.59 Å². The van der Waals surface area contributed by atoms with Gasteiger partial charge in [0.05, 0.1) is 18.4 Å². The number of benzene rings is 1. The molecule has 0 saturated carbocycles. The van der Waals surface area contributed by atoms with Crippen molar-refractivity contribution < 1.29 is 19.5 Å². The van der Waals surface area contributed by atoms with Crippen LogP contribution >= 0.6 is 11.6 Å². The van der Waals surface area contributed by atoms with Crippen LogP contribution < -0.4 is 0 Å². The van der Waals surface area contributed by atoms with Crippen LogP contribution in [-0.2, 0) is 14.9 Å². The minimum atomic E-state index is -1.00. The third kappa shape index (κ3) is 2.18. The second-order valence-corrected chi connectivity index (χ2v) is 5.22. The molecule has 5 nitrogen and oxygen atoms in total. The molecule has 1 N–H and O–H groups in total. The molecule has 1 aliphatic rings. The summed E-state index contributed by atoms with van der Waals surface area (Å²) < 4.78 is 4.92. The van der Waals surface area contributed by atoms with E-state index in [1.807, 2.05) is 0 Å². The third-order valence-corrected chi connectivity index (χ3v) is 3.70. The summed E-state index contributed by atoms with van der Waals surface area (Å²) >= 11 is 5.88. The summed E-state index contributed by atoms with van der Waals surface area (Å²) in [5, 5.41) is 12.6. The van der Waals surface area contributed by atoms with E-state index in [1.54, 1.807) is 26.0 Å². The summed E-state index contributed by atoms with van der Waals surface area (Å²) in [4.78, 5) is 24.0. The number of nitrogens with zero attached hydrogens (tertiary/aromatic N) is 1. The van der Waals surface area contributed by atoms with Crippen LogP contribution in [0.3, 0.4) is 0 Å². The van der Waals surface area contributed by atoms with E-state index in [0.29, 0.717) is 16.1 Å². The molecule has 1 atom stereocenters. The van der Waals surface area contributed by atoms with Crippen LogP contribution in [0.5, 0.6) is 0 Å². The molecule has 0 aromatic heterocycles. The first-order chi connectivity index (χ1) is 9.43. The second-order valence-electron chi connectivity index (χ2n) is 4.78. The zero-order valence-corrected chi connectivity index (χ0v) is 11.9. The van der Waals surface area contributed by atoms with Gasteiger partial charge in [-0.15, -0.1) is 0 Å². The summed E-state index contributed by atoms with van der Waals surface area (Å²) in [5.41, 5.74) is -0.0921. The maximum absolute atomic E-state index is 12.2. The summed E-state index contributed by atoms with van der Waals surface area (Å²) in [6.45, 7) is 3.63. The molecule has 2 rings (SSSR count). The van der Waals surface area contributed by atoms with E-state index in [1.165, 1.54) is 6.07 Å². The van der Waals surface area contributed by atoms with Crippen LogP contribution in [0.4, 0.5) is 0 Å². The van der Waals surface area contributed by atoms with Gasteiger partial charge in [-0.2, -0.15) is 0 Å². The van der Waals surface area contributed by atoms with Gasteiger partial charge < -0.3 is 9.94 Å². The Bertz CT molecular complexity index is 611. The topological polar surface area (TPSA) is 76.0 Å². The van der Waals surface area contributed by atoms with Crippen LogP contribution in [0.2, 0.25) is 5.02 Å². The van der Waals surface area contributed by atoms with Crippen LogP contribution in [-0.4, -0.2) is 29.3 Å². The number of fused-ring (bicyclic) bond motifs is 1. The second kappa shape index (κ2) is 5.25. The first-order valence-electron chi connectivity index (χ1n) is 6.17. The number of carbonyl (C=O) groups is 2. The van der Waals surface area contributed by atoms with Crippen molar-refractivity contribution in [3.63, 3.8) is 0 Å². The summed E-state index contributed by atoms with van der Waals surface area (Å²) in [5.74, 6) is -0.872. The molecule has 0 bridgehead atoms. The molecular formula is C14H14ClNO4. The zero-order chi connectivity index (χ0) is 14.9. The highest BCUT2D eigenvalue weighted by Gasteiger charge is 2.48. The van der Waals surface area contributed by atoms with E-state index in [-0.39, 0.29) is 18.7 Å². The lowest BCUT2D eigenvalue weighted by molar-refractivity contribution is -0.143. The lowest BCUT2D eigenvalue weighted by Crippen LogP contribution is -2.34. The highest BCUT2D eigenvalue weighted by molar-refractivity contribution is 6.52. The minimum Gasteiger partial charge on any atom is -0.466 e. The smallest absolute Gasteiger partial charge is 0.307 e. The highest BCUT2D eigenvalue weighted by atomic mass is 35.5. The van der Waals surface area contributed by atoms with Gasteiger partial charge in [0.15, 0.2) is 0 Å². The van der Waals surface area contributed by atoms with Gasteiger partial charge in [0.1, 0.15) is 5.71 Å². The third-order valence-electron chi connectivity index (χ3n) is 3.46. The number of rotatable bonds is 3. The van der Waals surface area contributed by atoms with E-state index in [2.05, 4.69) is 5.16 Å². The molecular weight excluding hydrogens is 282 g/mol. The van der Waals surface area contributed by atoms with Gasteiger partial charge in [0.2, 0.25) is 5.78 Å². The molecule has 0 spiro atoms. The molecule has 0 fully saturated rings. The van der Waals surface area contributed by atoms with Crippen molar-refractivity contribution in [3.8, 4) is 0 Å². The number of carbonyl (C=O) groups excluding carboxylic acids is 2. The zero-order valence-electron chi connectivity index (χ0n) is 11.1. The fourth-order valence-corrected chi connectivity index (χ4v) is 2.70. The van der Waals surface area contributed by atoms with Gasteiger partial charge in [-0.1, -0.05) is 22.8 Å². The Morgan fingerprint density at radius 3 is 2.80 bits per heavy atom. The SMILES string of the molecule is CCOC(=O)CC1(C)C(=NO)C(=O)c2cc(Cl)ccc21. The minimum absolute atomic E-state index is 0.0668. The Kier molecular flexibility index (Phi) is 3.81. The van der Waals surface area contributed by atoms with Gasteiger partial charge >= 0.3 is 5.97 Å². The molecule has 1 aromatic rings. The van der Waals surface area contributed by atoms with Crippen molar-refractivity contribution in [3.05, 3.63) is 34.3 Å². The van der Waals surface area contributed by atoms with Gasteiger partial charge in [0, 0.05) is 10.6 Å². The monoisotopic (exact) mass is 295 g/mol. The first kappa shape index (κ1) is 14.5. The molecule has 6 heteroatoms. The molecule has 20 heavy (non-hydrogen) atoms. The Morgan fingerprint density at radius 2 is 2.20 bits per heavy atom. The van der Waals surface area contributed by atoms with E-state index < -0.39 is 17.2 Å². The van der Waals surface area contributed by atoms with E-state index >= 15 is 0 Å². The van der Waals surface area contributed by atoms with Crippen molar-refractivity contribution in [2.75, 3.05) is 6.61 Å². The Morgan fingerprint density at radius 1 is 1.50 bits per heavy atom. The van der Waals surface area contributed by atoms with Gasteiger partial charge in [0.25, 0.3) is 0 Å². The normalized spacial score (nSPS) is 22.9. The maximum Gasteiger partial charge on any atom is 0.307 e. The van der Waals surface area contributed by atoms with Gasteiger partial charge in [-0.25, -0.2) is 0 Å². The predicted octanol–water partition coefficient (Wildman–Crippen LogP) is 2.58. The van der Waals surface area contributed by atoms with Crippen LogP contribution in [0.1, 0.15) is 36.2 Å². The molecule has 0 heterocycles. The fourth-order valence-electron chi connectivity index (χ4n) is 2.53. The molecule has 106 valence electrons. The number of Topliss-reactive ketones (excluding diaryl/α,β-unsaturated/α-hetero) is 1. The molecule has 1 unspecified atom stereocenters. The number of hydrogen-bond acceptors (Lipinski definition) is 5. The molecule has 1 aromatic carbocycles. The maximum atomic E-state index is 12.2. The molecule has 0 radical (unpaired) electrons. The van der Waals surface area contributed by atoms with Gasteiger partial charge in [-0.05, 0) is 31.5 Å². The van der Waals surface area contributed by atoms with E-state index in [4.69, 9.17) is 21.5 Å².